The summed E-state index contributed by atoms with van der Waals surface area (Å²) in [5.41, 5.74) is 0.480. The molecule has 1 N–H and O–H groups in total. The first-order valence-corrected chi connectivity index (χ1v) is 6.38. The van der Waals surface area contributed by atoms with Gasteiger partial charge in [0.2, 0.25) is 0 Å². The molecule has 0 aromatic carbocycles. The highest BCUT2D eigenvalue weighted by molar-refractivity contribution is 5.79. The molecule has 0 aliphatic heterocycles. The highest BCUT2D eigenvalue weighted by Gasteiger charge is 2.50. The number of rotatable bonds is 6. The van der Waals surface area contributed by atoms with Crippen molar-refractivity contribution < 1.29 is 9.90 Å². The largest absolute Gasteiger partial charge is 0.480 e. The number of carboxylic acid groups (broad SMARTS) is 1. The summed E-state index contributed by atoms with van der Waals surface area (Å²) in [6, 6.07) is 3.95. The lowest BCUT2D eigenvalue weighted by Crippen LogP contribution is -2.53. The van der Waals surface area contributed by atoms with Gasteiger partial charge in [-0.25, -0.2) is 0 Å². The molecule has 4 nitrogen and oxygen atoms in total. The minimum absolute atomic E-state index is 0.303. The van der Waals surface area contributed by atoms with E-state index < -0.39 is 11.5 Å². The zero-order valence-corrected chi connectivity index (χ0v) is 11.0. The number of aliphatic carboxylic acids is 1. The number of carbonyl (C=O) groups is 1. The van der Waals surface area contributed by atoms with Gasteiger partial charge in [-0.2, -0.15) is 0 Å². The third kappa shape index (κ3) is 2.53. The predicted molar refractivity (Wildman–Crippen MR) is 69.3 cm³/mol. The van der Waals surface area contributed by atoms with E-state index in [1.165, 1.54) is 5.56 Å². The van der Waals surface area contributed by atoms with Gasteiger partial charge in [0.15, 0.2) is 0 Å². The highest BCUT2D eigenvalue weighted by Crippen LogP contribution is 2.42. The second-order valence-electron chi connectivity index (χ2n) is 5.25. The average molecular weight is 248 g/mol. The molecule has 0 amide bonds. The van der Waals surface area contributed by atoms with Crippen LogP contribution in [0.5, 0.6) is 0 Å². The molecule has 1 aliphatic rings. The monoisotopic (exact) mass is 248 g/mol. The SMILES string of the molecule is CN(CCc1ccncc1)C(C)(C(=O)O)C1CC1. The Hall–Kier alpha value is -1.42. The van der Waals surface area contributed by atoms with Gasteiger partial charge in [-0.05, 0) is 56.8 Å². The lowest BCUT2D eigenvalue weighted by atomic mass is 9.93. The Balaban J connectivity index is 1.98. The molecule has 1 atom stereocenters. The first-order chi connectivity index (χ1) is 8.55. The molecule has 4 heteroatoms. The fraction of sp³-hybridized carbons (Fsp3) is 0.571. The van der Waals surface area contributed by atoms with E-state index in [1.54, 1.807) is 12.4 Å². The van der Waals surface area contributed by atoms with E-state index in [-0.39, 0.29) is 0 Å². The molecule has 1 fully saturated rings. The van der Waals surface area contributed by atoms with E-state index in [9.17, 15) is 9.90 Å². The molecule has 0 saturated heterocycles. The average Bonchev–Trinajstić information content (AvgIpc) is 3.20. The van der Waals surface area contributed by atoms with Crippen molar-refractivity contribution in [3.63, 3.8) is 0 Å². The standard InChI is InChI=1S/C14H20N2O2/c1-14(13(17)18,12-3-4-12)16(2)10-7-11-5-8-15-9-6-11/h5-6,8-9,12H,3-4,7,10H2,1-2H3,(H,17,18). The van der Waals surface area contributed by atoms with Crippen LogP contribution < -0.4 is 0 Å². The second kappa shape index (κ2) is 5.06. The Labute approximate surface area is 108 Å². The van der Waals surface area contributed by atoms with E-state index in [4.69, 9.17) is 0 Å². The van der Waals surface area contributed by atoms with Crippen LogP contribution in [-0.4, -0.2) is 40.1 Å². The van der Waals surface area contributed by atoms with Gasteiger partial charge in [0.25, 0.3) is 0 Å². The van der Waals surface area contributed by atoms with Crippen molar-refractivity contribution in [1.29, 1.82) is 0 Å². The van der Waals surface area contributed by atoms with Crippen molar-refractivity contribution in [2.75, 3.05) is 13.6 Å². The van der Waals surface area contributed by atoms with Crippen LogP contribution in [0.4, 0.5) is 0 Å². The number of hydrogen-bond donors (Lipinski definition) is 1. The molecular weight excluding hydrogens is 228 g/mol. The first kappa shape index (κ1) is 13.0. The van der Waals surface area contributed by atoms with Gasteiger partial charge in [-0.3, -0.25) is 14.7 Å². The molecule has 1 aliphatic carbocycles. The van der Waals surface area contributed by atoms with Gasteiger partial charge in [0.05, 0.1) is 0 Å². The number of hydrogen-bond acceptors (Lipinski definition) is 3. The lowest BCUT2D eigenvalue weighted by Gasteiger charge is -2.35. The second-order valence-corrected chi connectivity index (χ2v) is 5.25. The van der Waals surface area contributed by atoms with Crippen molar-refractivity contribution in [2.45, 2.75) is 31.7 Å². The maximum absolute atomic E-state index is 11.5. The number of aromatic nitrogens is 1. The highest BCUT2D eigenvalue weighted by atomic mass is 16.4. The summed E-state index contributed by atoms with van der Waals surface area (Å²) < 4.78 is 0. The van der Waals surface area contributed by atoms with Crippen LogP contribution in [0.25, 0.3) is 0 Å². The van der Waals surface area contributed by atoms with E-state index in [1.807, 2.05) is 31.0 Å². The minimum Gasteiger partial charge on any atom is -0.480 e. The minimum atomic E-state index is -0.715. The molecule has 1 aromatic rings. The van der Waals surface area contributed by atoms with Crippen LogP contribution in [-0.2, 0) is 11.2 Å². The summed E-state index contributed by atoms with van der Waals surface area (Å²) in [6.07, 6.45) is 6.46. The Morgan fingerprint density at radius 2 is 2.11 bits per heavy atom. The summed E-state index contributed by atoms with van der Waals surface area (Å²) in [5.74, 6) is -0.403. The van der Waals surface area contributed by atoms with E-state index >= 15 is 0 Å². The van der Waals surface area contributed by atoms with Crippen LogP contribution in [0.1, 0.15) is 25.3 Å². The molecule has 1 saturated carbocycles. The fourth-order valence-electron chi connectivity index (χ4n) is 2.37. The zero-order valence-electron chi connectivity index (χ0n) is 11.0. The zero-order chi connectivity index (χ0) is 13.2. The van der Waals surface area contributed by atoms with Gasteiger partial charge in [0, 0.05) is 18.9 Å². The lowest BCUT2D eigenvalue weighted by molar-refractivity contribution is -0.151. The maximum atomic E-state index is 11.5. The van der Waals surface area contributed by atoms with Gasteiger partial charge in [-0.1, -0.05) is 0 Å². The summed E-state index contributed by atoms with van der Waals surface area (Å²) >= 11 is 0. The van der Waals surface area contributed by atoms with Gasteiger partial charge < -0.3 is 5.11 Å². The molecular formula is C14H20N2O2. The molecule has 0 spiro atoms. The topological polar surface area (TPSA) is 53.4 Å². The van der Waals surface area contributed by atoms with Crippen molar-refractivity contribution in [2.24, 2.45) is 5.92 Å². The van der Waals surface area contributed by atoms with Crippen LogP contribution in [0, 0.1) is 5.92 Å². The maximum Gasteiger partial charge on any atom is 0.324 e. The molecule has 1 unspecified atom stereocenters. The molecule has 0 radical (unpaired) electrons. The van der Waals surface area contributed by atoms with Crippen LogP contribution in [0.3, 0.4) is 0 Å². The number of pyridine rings is 1. The summed E-state index contributed by atoms with van der Waals surface area (Å²) in [5, 5.41) is 9.46. The Kier molecular flexibility index (Phi) is 3.66. The normalized spacial score (nSPS) is 18.6. The van der Waals surface area contributed by atoms with Gasteiger partial charge in [0.1, 0.15) is 5.54 Å². The van der Waals surface area contributed by atoms with Crippen LogP contribution in [0.2, 0.25) is 0 Å². The molecule has 98 valence electrons. The summed E-state index contributed by atoms with van der Waals surface area (Å²) in [7, 11) is 1.91. The molecule has 1 aromatic heterocycles. The Bertz CT molecular complexity index is 417. The third-order valence-electron chi connectivity index (χ3n) is 4.08. The Morgan fingerprint density at radius 3 is 2.61 bits per heavy atom. The summed E-state index contributed by atoms with van der Waals surface area (Å²) in [4.78, 5) is 17.5. The number of carboxylic acids is 1. The van der Waals surface area contributed by atoms with E-state index in [2.05, 4.69) is 4.98 Å². The first-order valence-electron chi connectivity index (χ1n) is 6.38. The molecule has 1 heterocycles. The predicted octanol–water partition coefficient (Wildman–Crippen LogP) is 1.81. The van der Waals surface area contributed by atoms with Crippen molar-refractivity contribution in [1.82, 2.24) is 9.88 Å². The van der Waals surface area contributed by atoms with Gasteiger partial charge in [-0.15, -0.1) is 0 Å². The Morgan fingerprint density at radius 1 is 1.50 bits per heavy atom. The smallest absolute Gasteiger partial charge is 0.324 e. The fourth-order valence-corrected chi connectivity index (χ4v) is 2.37. The van der Waals surface area contributed by atoms with Crippen LogP contribution in [0.15, 0.2) is 24.5 Å². The quantitative estimate of drug-likeness (QED) is 0.834. The number of nitrogens with zero attached hydrogens (tertiary/aromatic N) is 2. The van der Waals surface area contributed by atoms with Crippen molar-refractivity contribution in [3.8, 4) is 0 Å². The summed E-state index contributed by atoms with van der Waals surface area (Å²) in [6.45, 7) is 2.60. The van der Waals surface area contributed by atoms with Crippen molar-refractivity contribution >= 4 is 5.97 Å². The number of likely N-dealkylation sites (N-methyl/N-ethyl adjacent to an activating group) is 1. The molecule has 18 heavy (non-hydrogen) atoms. The third-order valence-corrected chi connectivity index (χ3v) is 4.08. The van der Waals surface area contributed by atoms with E-state index in [0.29, 0.717) is 5.92 Å². The van der Waals surface area contributed by atoms with Crippen molar-refractivity contribution in [3.05, 3.63) is 30.1 Å². The van der Waals surface area contributed by atoms with Crippen LogP contribution >= 0.6 is 0 Å². The molecule has 2 rings (SSSR count). The van der Waals surface area contributed by atoms with Gasteiger partial charge >= 0.3 is 5.97 Å². The molecule has 0 bridgehead atoms. The van der Waals surface area contributed by atoms with E-state index in [0.717, 1.165) is 25.8 Å².